The number of nitrogens with one attached hydrogen (secondary N) is 1. The second-order valence-corrected chi connectivity index (χ2v) is 6.16. The maximum atomic E-state index is 4.43. The molecule has 1 N–H and O–H groups in total. The normalized spacial score (nSPS) is 22.9. The standard InChI is InChI=1S/C16H29N3.HI/c1-3-12-18-15(17-2)19-13-8-11-16(14-19)9-6-4-5-7-10-16;/h3H,1,4-14H2,2H3,(H,17,18);1H. The minimum absolute atomic E-state index is 0. The lowest BCUT2D eigenvalue weighted by Crippen LogP contribution is -2.50. The van der Waals surface area contributed by atoms with E-state index >= 15 is 0 Å². The van der Waals surface area contributed by atoms with Crippen LogP contribution in [-0.2, 0) is 0 Å². The smallest absolute Gasteiger partial charge is 0.193 e. The monoisotopic (exact) mass is 391 g/mol. The Morgan fingerprint density at radius 2 is 1.85 bits per heavy atom. The first-order valence-electron chi connectivity index (χ1n) is 7.86. The van der Waals surface area contributed by atoms with Crippen molar-refractivity contribution in [1.82, 2.24) is 10.2 Å². The number of piperidine rings is 1. The molecule has 0 atom stereocenters. The zero-order valence-corrected chi connectivity index (χ0v) is 15.2. The van der Waals surface area contributed by atoms with Crippen molar-refractivity contribution in [2.24, 2.45) is 10.4 Å². The van der Waals surface area contributed by atoms with E-state index in [4.69, 9.17) is 0 Å². The van der Waals surface area contributed by atoms with Gasteiger partial charge in [0.2, 0.25) is 0 Å². The summed E-state index contributed by atoms with van der Waals surface area (Å²) in [6, 6.07) is 0. The van der Waals surface area contributed by atoms with E-state index in [1.54, 1.807) is 0 Å². The molecular formula is C16H30IN3. The van der Waals surface area contributed by atoms with Gasteiger partial charge in [0.05, 0.1) is 0 Å². The van der Waals surface area contributed by atoms with Gasteiger partial charge >= 0.3 is 0 Å². The van der Waals surface area contributed by atoms with Crippen LogP contribution >= 0.6 is 24.0 Å². The maximum Gasteiger partial charge on any atom is 0.193 e. The summed E-state index contributed by atoms with van der Waals surface area (Å²) in [6.45, 7) is 6.92. The quantitative estimate of drug-likeness (QED) is 0.336. The van der Waals surface area contributed by atoms with Crippen LogP contribution in [0.1, 0.15) is 51.4 Å². The molecule has 4 heteroatoms. The third kappa shape index (κ3) is 4.64. The van der Waals surface area contributed by atoms with Gasteiger partial charge in [-0.05, 0) is 31.1 Å². The average Bonchev–Trinajstić information content (AvgIpc) is 2.66. The lowest BCUT2D eigenvalue weighted by atomic mass is 9.74. The summed E-state index contributed by atoms with van der Waals surface area (Å²) in [5.41, 5.74) is 0.570. The zero-order chi connectivity index (χ0) is 13.6. The van der Waals surface area contributed by atoms with E-state index in [2.05, 4.69) is 21.8 Å². The highest BCUT2D eigenvalue weighted by molar-refractivity contribution is 14.0. The van der Waals surface area contributed by atoms with Crippen molar-refractivity contribution in [2.45, 2.75) is 51.4 Å². The van der Waals surface area contributed by atoms with Crippen LogP contribution in [-0.4, -0.2) is 37.5 Å². The zero-order valence-electron chi connectivity index (χ0n) is 12.9. The Kier molecular flexibility index (Phi) is 7.92. The van der Waals surface area contributed by atoms with Gasteiger partial charge < -0.3 is 10.2 Å². The van der Waals surface area contributed by atoms with Crippen LogP contribution in [0.3, 0.4) is 0 Å². The van der Waals surface area contributed by atoms with E-state index in [-0.39, 0.29) is 24.0 Å². The van der Waals surface area contributed by atoms with E-state index in [1.165, 1.54) is 57.9 Å². The third-order valence-electron chi connectivity index (χ3n) is 4.74. The molecule has 1 aliphatic carbocycles. The van der Waals surface area contributed by atoms with Gasteiger partial charge in [0.25, 0.3) is 0 Å². The fraction of sp³-hybridized carbons (Fsp3) is 0.812. The van der Waals surface area contributed by atoms with E-state index in [0.29, 0.717) is 5.41 Å². The Morgan fingerprint density at radius 1 is 1.20 bits per heavy atom. The Hall–Kier alpha value is -0.260. The predicted octanol–water partition coefficient (Wildman–Crippen LogP) is 3.80. The molecule has 1 spiro atoms. The van der Waals surface area contributed by atoms with Gasteiger partial charge in [-0.15, -0.1) is 30.6 Å². The maximum absolute atomic E-state index is 4.43. The molecule has 0 unspecified atom stereocenters. The summed E-state index contributed by atoms with van der Waals surface area (Å²) >= 11 is 0. The Labute approximate surface area is 141 Å². The summed E-state index contributed by atoms with van der Waals surface area (Å²) < 4.78 is 0. The van der Waals surface area contributed by atoms with E-state index < -0.39 is 0 Å². The largest absolute Gasteiger partial charge is 0.353 e. The molecule has 20 heavy (non-hydrogen) atoms. The van der Waals surface area contributed by atoms with Gasteiger partial charge in [0, 0.05) is 26.7 Å². The summed E-state index contributed by atoms with van der Waals surface area (Å²) in [5, 5.41) is 3.38. The Morgan fingerprint density at radius 3 is 2.45 bits per heavy atom. The lowest BCUT2D eigenvalue weighted by Gasteiger charge is -2.44. The van der Waals surface area contributed by atoms with Gasteiger partial charge in [0.15, 0.2) is 5.96 Å². The summed E-state index contributed by atoms with van der Waals surface area (Å²) in [5.74, 6) is 1.06. The molecule has 0 amide bonds. The van der Waals surface area contributed by atoms with Crippen LogP contribution in [0.15, 0.2) is 17.6 Å². The Bertz CT molecular complexity index is 320. The van der Waals surface area contributed by atoms with Crippen LogP contribution in [0.2, 0.25) is 0 Å². The topological polar surface area (TPSA) is 27.6 Å². The number of guanidine groups is 1. The highest BCUT2D eigenvalue weighted by Gasteiger charge is 2.36. The fourth-order valence-corrected chi connectivity index (χ4v) is 3.77. The van der Waals surface area contributed by atoms with Gasteiger partial charge in [0.1, 0.15) is 0 Å². The van der Waals surface area contributed by atoms with Crippen molar-refractivity contribution in [3.8, 4) is 0 Å². The van der Waals surface area contributed by atoms with Gasteiger partial charge in [-0.3, -0.25) is 4.99 Å². The molecule has 0 bridgehead atoms. The molecule has 0 aromatic rings. The molecule has 3 nitrogen and oxygen atoms in total. The molecule has 2 fully saturated rings. The molecule has 1 aliphatic heterocycles. The molecule has 0 radical (unpaired) electrons. The van der Waals surface area contributed by atoms with Crippen LogP contribution in [0, 0.1) is 5.41 Å². The highest BCUT2D eigenvalue weighted by Crippen LogP contribution is 2.42. The first-order chi connectivity index (χ1) is 9.29. The second-order valence-electron chi connectivity index (χ2n) is 6.16. The molecule has 2 aliphatic rings. The van der Waals surface area contributed by atoms with Gasteiger partial charge in [-0.2, -0.15) is 0 Å². The van der Waals surface area contributed by atoms with Crippen molar-refractivity contribution >= 4 is 29.9 Å². The van der Waals surface area contributed by atoms with Crippen molar-refractivity contribution in [3.63, 3.8) is 0 Å². The number of hydrogen-bond donors (Lipinski definition) is 1. The molecular weight excluding hydrogens is 361 g/mol. The highest BCUT2D eigenvalue weighted by atomic mass is 127. The molecule has 0 aromatic heterocycles. The molecule has 1 saturated heterocycles. The first-order valence-corrected chi connectivity index (χ1v) is 7.86. The Balaban J connectivity index is 0.00000200. The molecule has 0 aromatic carbocycles. The molecule has 1 heterocycles. The third-order valence-corrected chi connectivity index (χ3v) is 4.74. The van der Waals surface area contributed by atoms with E-state index in [1.807, 2.05) is 13.1 Å². The summed E-state index contributed by atoms with van der Waals surface area (Å²) in [6.07, 6.45) is 13.2. The van der Waals surface area contributed by atoms with Crippen molar-refractivity contribution in [1.29, 1.82) is 0 Å². The number of likely N-dealkylation sites (tertiary alicyclic amines) is 1. The van der Waals surface area contributed by atoms with E-state index in [9.17, 15) is 0 Å². The minimum Gasteiger partial charge on any atom is -0.353 e. The number of rotatable bonds is 2. The first kappa shape index (κ1) is 17.8. The van der Waals surface area contributed by atoms with Crippen molar-refractivity contribution in [3.05, 3.63) is 12.7 Å². The molecule has 1 saturated carbocycles. The van der Waals surface area contributed by atoms with Crippen LogP contribution in [0.4, 0.5) is 0 Å². The minimum atomic E-state index is 0. The molecule has 2 rings (SSSR count). The fourth-order valence-electron chi connectivity index (χ4n) is 3.77. The van der Waals surface area contributed by atoms with E-state index in [0.717, 1.165) is 19.0 Å². The number of nitrogens with zero attached hydrogens (tertiary/aromatic N) is 2. The average molecular weight is 391 g/mol. The molecule has 116 valence electrons. The van der Waals surface area contributed by atoms with Gasteiger partial charge in [-0.1, -0.05) is 31.8 Å². The summed E-state index contributed by atoms with van der Waals surface area (Å²) in [7, 11) is 1.89. The number of hydrogen-bond acceptors (Lipinski definition) is 1. The van der Waals surface area contributed by atoms with Gasteiger partial charge in [-0.25, -0.2) is 0 Å². The van der Waals surface area contributed by atoms with Crippen LogP contribution < -0.4 is 5.32 Å². The lowest BCUT2D eigenvalue weighted by molar-refractivity contribution is 0.115. The SMILES string of the molecule is C=CCNC(=NC)N1CCCC2(CCCCCC2)C1.I. The van der Waals surface area contributed by atoms with Crippen LogP contribution in [0.25, 0.3) is 0 Å². The predicted molar refractivity (Wildman–Crippen MR) is 97.9 cm³/mol. The number of aliphatic imine (C=N–C) groups is 1. The van der Waals surface area contributed by atoms with Crippen molar-refractivity contribution < 1.29 is 0 Å². The second kappa shape index (κ2) is 8.90. The van der Waals surface area contributed by atoms with Crippen molar-refractivity contribution in [2.75, 3.05) is 26.7 Å². The number of halogens is 1. The van der Waals surface area contributed by atoms with Crippen LogP contribution in [0.5, 0.6) is 0 Å². The summed E-state index contributed by atoms with van der Waals surface area (Å²) in [4.78, 5) is 6.90.